The zero-order valence-corrected chi connectivity index (χ0v) is 12.0. The Kier molecular flexibility index (Phi) is 4.81. The van der Waals surface area contributed by atoms with E-state index in [1.807, 2.05) is 6.07 Å². The molecule has 1 aliphatic carbocycles. The molecular weight excluding hydrogens is 239 g/mol. The molecule has 1 saturated carbocycles. The highest BCUT2D eigenvalue weighted by Crippen LogP contribution is 2.29. The Morgan fingerprint density at radius 2 is 2.16 bits per heavy atom. The molecule has 0 saturated heterocycles. The van der Waals surface area contributed by atoms with E-state index in [1.165, 1.54) is 18.9 Å². The first-order valence-electron chi connectivity index (χ1n) is 7.36. The van der Waals surface area contributed by atoms with Crippen LogP contribution in [0.1, 0.15) is 33.1 Å². The van der Waals surface area contributed by atoms with Crippen LogP contribution in [0.3, 0.4) is 0 Å². The second-order valence-corrected chi connectivity index (χ2v) is 5.86. The van der Waals surface area contributed by atoms with Gasteiger partial charge in [0.1, 0.15) is 5.82 Å². The molecular formula is C16H25FN2. The highest BCUT2D eigenvalue weighted by molar-refractivity contribution is 5.46. The fourth-order valence-corrected chi connectivity index (χ4v) is 3.11. The first kappa shape index (κ1) is 14.3. The van der Waals surface area contributed by atoms with Gasteiger partial charge < -0.3 is 10.6 Å². The van der Waals surface area contributed by atoms with Crippen molar-refractivity contribution in [3.05, 3.63) is 30.1 Å². The van der Waals surface area contributed by atoms with E-state index >= 15 is 0 Å². The van der Waals surface area contributed by atoms with E-state index in [0.717, 1.165) is 31.1 Å². The number of benzene rings is 1. The van der Waals surface area contributed by atoms with Crippen molar-refractivity contribution >= 4 is 5.69 Å². The molecule has 3 heteroatoms. The summed E-state index contributed by atoms with van der Waals surface area (Å²) in [5.74, 6) is 1.11. The van der Waals surface area contributed by atoms with Crippen molar-refractivity contribution < 1.29 is 4.39 Å². The van der Waals surface area contributed by atoms with Crippen molar-refractivity contribution in [3.8, 4) is 0 Å². The topological polar surface area (TPSA) is 29.3 Å². The molecule has 0 aliphatic heterocycles. The van der Waals surface area contributed by atoms with E-state index in [4.69, 9.17) is 5.73 Å². The van der Waals surface area contributed by atoms with Gasteiger partial charge in [-0.05, 0) is 56.2 Å². The molecule has 1 aromatic carbocycles. The largest absolute Gasteiger partial charge is 0.371 e. The van der Waals surface area contributed by atoms with E-state index < -0.39 is 0 Å². The van der Waals surface area contributed by atoms with Crippen molar-refractivity contribution in [1.82, 2.24) is 0 Å². The Morgan fingerprint density at radius 3 is 2.84 bits per heavy atom. The summed E-state index contributed by atoms with van der Waals surface area (Å²) in [5, 5.41) is 0. The number of nitrogens with two attached hydrogens (primary N) is 1. The molecule has 2 N–H and O–H groups in total. The normalized spacial score (nSPS) is 27.3. The minimum Gasteiger partial charge on any atom is -0.371 e. The van der Waals surface area contributed by atoms with Crippen molar-refractivity contribution in [2.24, 2.45) is 17.6 Å². The number of hydrogen-bond acceptors (Lipinski definition) is 2. The molecule has 1 aromatic rings. The predicted molar refractivity (Wildman–Crippen MR) is 78.8 cm³/mol. The third-order valence-corrected chi connectivity index (χ3v) is 4.31. The van der Waals surface area contributed by atoms with Gasteiger partial charge in [-0.15, -0.1) is 0 Å². The Balaban J connectivity index is 2.06. The molecule has 3 unspecified atom stereocenters. The van der Waals surface area contributed by atoms with Crippen LogP contribution in [0.25, 0.3) is 0 Å². The minimum absolute atomic E-state index is 0.169. The molecule has 3 atom stereocenters. The van der Waals surface area contributed by atoms with Gasteiger partial charge in [-0.2, -0.15) is 0 Å². The van der Waals surface area contributed by atoms with Gasteiger partial charge in [0.2, 0.25) is 0 Å². The van der Waals surface area contributed by atoms with Crippen LogP contribution in [0.5, 0.6) is 0 Å². The average molecular weight is 264 g/mol. The zero-order valence-electron chi connectivity index (χ0n) is 12.0. The standard InChI is InChI=1S/C16H25FN2/c1-3-19(15-6-4-5-14(17)10-15)11-13-9-12(2)7-8-16(13)18/h4-6,10,12-13,16H,3,7-9,11,18H2,1-2H3. The monoisotopic (exact) mass is 264 g/mol. The molecule has 2 rings (SSSR count). The summed E-state index contributed by atoms with van der Waals surface area (Å²) in [5.41, 5.74) is 7.22. The highest BCUT2D eigenvalue weighted by atomic mass is 19.1. The fraction of sp³-hybridized carbons (Fsp3) is 0.625. The predicted octanol–water partition coefficient (Wildman–Crippen LogP) is 3.42. The number of rotatable bonds is 4. The lowest BCUT2D eigenvalue weighted by molar-refractivity contribution is 0.248. The quantitative estimate of drug-likeness (QED) is 0.903. The number of hydrogen-bond donors (Lipinski definition) is 1. The summed E-state index contributed by atoms with van der Waals surface area (Å²) in [4.78, 5) is 2.24. The van der Waals surface area contributed by atoms with Gasteiger partial charge in [0.05, 0.1) is 0 Å². The van der Waals surface area contributed by atoms with Crippen molar-refractivity contribution in [3.63, 3.8) is 0 Å². The van der Waals surface area contributed by atoms with Crippen LogP contribution in [-0.4, -0.2) is 19.1 Å². The number of nitrogens with zero attached hydrogens (tertiary/aromatic N) is 1. The Bertz CT molecular complexity index is 407. The summed E-state index contributed by atoms with van der Waals surface area (Å²) < 4.78 is 13.3. The molecule has 0 heterocycles. The van der Waals surface area contributed by atoms with Crippen LogP contribution in [0.15, 0.2) is 24.3 Å². The Hall–Kier alpha value is -1.09. The van der Waals surface area contributed by atoms with Crippen LogP contribution in [0.4, 0.5) is 10.1 Å². The summed E-state index contributed by atoms with van der Waals surface area (Å²) >= 11 is 0. The van der Waals surface area contributed by atoms with E-state index in [2.05, 4.69) is 18.7 Å². The van der Waals surface area contributed by atoms with Crippen LogP contribution in [0, 0.1) is 17.7 Å². The van der Waals surface area contributed by atoms with Gasteiger partial charge in [-0.1, -0.05) is 13.0 Å². The molecule has 0 amide bonds. The molecule has 0 aromatic heterocycles. The fourth-order valence-electron chi connectivity index (χ4n) is 3.11. The van der Waals surface area contributed by atoms with E-state index in [1.54, 1.807) is 12.1 Å². The van der Waals surface area contributed by atoms with E-state index in [9.17, 15) is 4.39 Å². The lowest BCUT2D eigenvalue weighted by Gasteiger charge is -2.36. The second-order valence-electron chi connectivity index (χ2n) is 5.86. The first-order chi connectivity index (χ1) is 9.10. The van der Waals surface area contributed by atoms with E-state index in [-0.39, 0.29) is 5.82 Å². The smallest absolute Gasteiger partial charge is 0.125 e. The molecule has 0 radical (unpaired) electrons. The Labute approximate surface area is 115 Å². The second kappa shape index (κ2) is 6.38. The van der Waals surface area contributed by atoms with Crippen LogP contribution < -0.4 is 10.6 Å². The lowest BCUT2D eigenvalue weighted by Crippen LogP contribution is -2.43. The maximum Gasteiger partial charge on any atom is 0.125 e. The third-order valence-electron chi connectivity index (χ3n) is 4.31. The minimum atomic E-state index is -0.169. The highest BCUT2D eigenvalue weighted by Gasteiger charge is 2.27. The van der Waals surface area contributed by atoms with Gasteiger partial charge in [0, 0.05) is 24.8 Å². The van der Waals surface area contributed by atoms with Crippen LogP contribution in [-0.2, 0) is 0 Å². The summed E-state index contributed by atoms with van der Waals surface area (Å²) in [7, 11) is 0. The van der Waals surface area contributed by atoms with Crippen molar-refractivity contribution in [2.45, 2.75) is 39.2 Å². The maximum absolute atomic E-state index is 13.3. The van der Waals surface area contributed by atoms with Gasteiger partial charge in [-0.25, -0.2) is 4.39 Å². The first-order valence-corrected chi connectivity index (χ1v) is 7.36. The summed E-state index contributed by atoms with van der Waals surface area (Å²) in [6, 6.07) is 7.15. The van der Waals surface area contributed by atoms with Gasteiger partial charge in [0.25, 0.3) is 0 Å². The van der Waals surface area contributed by atoms with Crippen molar-refractivity contribution in [1.29, 1.82) is 0 Å². The SMILES string of the molecule is CCN(CC1CC(C)CCC1N)c1cccc(F)c1. The zero-order chi connectivity index (χ0) is 13.8. The summed E-state index contributed by atoms with van der Waals surface area (Å²) in [6.45, 7) is 6.24. The molecule has 0 bridgehead atoms. The van der Waals surface area contributed by atoms with Crippen molar-refractivity contribution in [2.75, 3.05) is 18.0 Å². The number of halogens is 1. The molecule has 106 valence electrons. The maximum atomic E-state index is 13.3. The third kappa shape index (κ3) is 3.69. The lowest BCUT2D eigenvalue weighted by atomic mass is 9.79. The molecule has 1 aliphatic rings. The Morgan fingerprint density at radius 1 is 1.37 bits per heavy atom. The molecule has 1 fully saturated rings. The molecule has 0 spiro atoms. The average Bonchev–Trinajstić information content (AvgIpc) is 2.39. The van der Waals surface area contributed by atoms with Gasteiger partial charge >= 0.3 is 0 Å². The number of anilines is 1. The molecule has 2 nitrogen and oxygen atoms in total. The summed E-state index contributed by atoms with van der Waals surface area (Å²) in [6.07, 6.45) is 3.54. The van der Waals surface area contributed by atoms with Gasteiger partial charge in [0.15, 0.2) is 0 Å². The van der Waals surface area contributed by atoms with Gasteiger partial charge in [-0.3, -0.25) is 0 Å². The van der Waals surface area contributed by atoms with Crippen LogP contribution in [0.2, 0.25) is 0 Å². The molecule has 19 heavy (non-hydrogen) atoms. The van der Waals surface area contributed by atoms with Crippen LogP contribution >= 0.6 is 0 Å². The van der Waals surface area contributed by atoms with E-state index in [0.29, 0.717) is 12.0 Å².